The van der Waals surface area contributed by atoms with Gasteiger partial charge in [-0.2, -0.15) is 5.10 Å². The van der Waals surface area contributed by atoms with E-state index in [2.05, 4.69) is 19.8 Å². The molecule has 0 fully saturated rings. The van der Waals surface area contributed by atoms with Crippen molar-refractivity contribution in [1.82, 2.24) is 19.7 Å². The number of esters is 1. The van der Waals surface area contributed by atoms with Gasteiger partial charge in [0.2, 0.25) is 0 Å². The zero-order valence-electron chi connectivity index (χ0n) is 10.4. The number of carbonyl (C=O) groups excluding carboxylic acids is 2. The van der Waals surface area contributed by atoms with E-state index in [1.54, 1.807) is 0 Å². The summed E-state index contributed by atoms with van der Waals surface area (Å²) in [5, 5.41) is 4.00. The van der Waals surface area contributed by atoms with E-state index in [0.717, 1.165) is 4.68 Å². The number of aromatic nitrogens is 4. The number of rotatable bonds is 2. The maximum absolute atomic E-state index is 11.5. The molecule has 8 nitrogen and oxygen atoms in total. The molecule has 0 unspecified atom stereocenters. The molecule has 10 heteroatoms. The Balaban J connectivity index is 2.52. The largest absolute Gasteiger partial charge is 0.459 e. The van der Waals surface area contributed by atoms with Gasteiger partial charge < -0.3 is 9.47 Å². The fourth-order valence-corrected chi connectivity index (χ4v) is 2.14. The molecule has 2 heterocycles. The molecule has 0 aliphatic rings. The van der Waals surface area contributed by atoms with Crippen molar-refractivity contribution in [2.75, 3.05) is 7.11 Å². The van der Waals surface area contributed by atoms with E-state index in [9.17, 15) is 9.59 Å². The van der Waals surface area contributed by atoms with Gasteiger partial charge in [-0.25, -0.2) is 14.8 Å². The van der Waals surface area contributed by atoms with Crippen LogP contribution in [0.25, 0.3) is 11.2 Å². The molecule has 20 heavy (non-hydrogen) atoms. The Morgan fingerprint density at radius 1 is 1.40 bits per heavy atom. The second-order valence-electron chi connectivity index (χ2n) is 3.59. The first kappa shape index (κ1) is 14.9. The van der Waals surface area contributed by atoms with Crippen LogP contribution < -0.4 is 0 Å². The maximum Gasteiger partial charge on any atom is 0.436 e. The first-order valence-corrected chi connectivity index (χ1v) is 6.72. The zero-order chi connectivity index (χ0) is 14.9. The van der Waals surface area contributed by atoms with Crippen LogP contribution in [0.1, 0.15) is 12.6 Å². The molecule has 0 spiro atoms. The topological polar surface area (TPSA) is 96.2 Å². The molecule has 0 atom stereocenters. The second-order valence-corrected chi connectivity index (χ2v) is 4.97. The fraction of sp³-hybridized carbons (Fsp3) is 0.300. The van der Waals surface area contributed by atoms with Gasteiger partial charge in [0.25, 0.3) is 0 Å². The van der Waals surface area contributed by atoms with E-state index < -0.39 is 12.1 Å². The third-order valence-electron chi connectivity index (χ3n) is 2.24. The van der Waals surface area contributed by atoms with Crippen LogP contribution in [0.4, 0.5) is 4.79 Å². The Bertz CT molecular complexity index is 702. The summed E-state index contributed by atoms with van der Waals surface area (Å²) >= 11 is 7.86. The van der Waals surface area contributed by atoms with Crippen LogP contribution in [0.3, 0.4) is 0 Å². The van der Waals surface area contributed by atoms with Gasteiger partial charge in [-0.15, -0.1) is 4.68 Å². The van der Waals surface area contributed by atoms with E-state index in [1.807, 2.05) is 22.6 Å². The smallest absolute Gasteiger partial charge is 0.436 e. The van der Waals surface area contributed by atoms with Gasteiger partial charge >= 0.3 is 12.1 Å². The second kappa shape index (κ2) is 5.87. The molecule has 0 aliphatic carbocycles. The molecule has 2 rings (SSSR count). The summed E-state index contributed by atoms with van der Waals surface area (Å²) in [5.41, 5.74) is 0.845. The van der Waals surface area contributed by atoms with Crippen molar-refractivity contribution < 1.29 is 19.1 Å². The van der Waals surface area contributed by atoms with Crippen molar-refractivity contribution in [2.45, 2.75) is 13.5 Å². The summed E-state index contributed by atoms with van der Waals surface area (Å²) in [7, 11) is 1.23. The summed E-state index contributed by atoms with van der Waals surface area (Å²) in [6.45, 7) is 1.18. The lowest BCUT2D eigenvalue weighted by Gasteiger charge is -2.04. The SMILES string of the molecule is COC(=O)n1nc(I)c2nc(COC(C)=O)c(Cl)nc21. The minimum atomic E-state index is -0.698. The molecule has 0 aromatic carbocycles. The number of carbonyl (C=O) groups is 2. The third-order valence-corrected chi connectivity index (χ3v) is 3.27. The van der Waals surface area contributed by atoms with Crippen LogP contribution in [-0.2, 0) is 20.9 Å². The minimum Gasteiger partial charge on any atom is -0.459 e. The lowest BCUT2D eigenvalue weighted by atomic mass is 10.4. The molecule has 2 aromatic rings. The van der Waals surface area contributed by atoms with Crippen molar-refractivity contribution in [2.24, 2.45) is 0 Å². The lowest BCUT2D eigenvalue weighted by Crippen LogP contribution is -2.14. The average Bonchev–Trinajstić information content (AvgIpc) is 2.72. The Morgan fingerprint density at radius 2 is 2.10 bits per heavy atom. The van der Waals surface area contributed by atoms with Crippen molar-refractivity contribution in [3.8, 4) is 0 Å². The highest BCUT2D eigenvalue weighted by Crippen LogP contribution is 2.22. The highest BCUT2D eigenvalue weighted by Gasteiger charge is 2.20. The standard InChI is InChI=1S/C10H8ClIN4O4/c1-4(17)20-3-5-7(11)14-9-6(13-5)8(12)15-16(9)10(18)19-2/h3H2,1-2H3. The number of hydrogen-bond donors (Lipinski definition) is 0. The van der Waals surface area contributed by atoms with E-state index in [0.29, 0.717) is 9.22 Å². The van der Waals surface area contributed by atoms with Crippen LogP contribution in [-0.4, -0.2) is 38.9 Å². The Hall–Kier alpha value is -1.49. The molecular formula is C10H8ClIN4O4. The highest BCUT2D eigenvalue weighted by molar-refractivity contribution is 14.1. The molecule has 106 valence electrons. The van der Waals surface area contributed by atoms with Crippen LogP contribution in [0.15, 0.2) is 0 Å². The quantitative estimate of drug-likeness (QED) is 0.550. The normalized spacial score (nSPS) is 10.6. The first-order valence-electron chi connectivity index (χ1n) is 5.26. The molecule has 0 bridgehead atoms. The maximum atomic E-state index is 11.5. The van der Waals surface area contributed by atoms with Crippen molar-refractivity contribution in [3.63, 3.8) is 0 Å². The summed E-state index contributed by atoms with van der Waals surface area (Å²) in [4.78, 5) is 30.6. The van der Waals surface area contributed by atoms with Crippen molar-refractivity contribution in [3.05, 3.63) is 14.5 Å². The molecule has 0 radical (unpaired) electrons. The number of hydrogen-bond acceptors (Lipinski definition) is 7. The van der Waals surface area contributed by atoms with Crippen LogP contribution in [0.5, 0.6) is 0 Å². The van der Waals surface area contributed by atoms with E-state index in [1.165, 1.54) is 14.0 Å². The average molecular weight is 411 g/mol. The van der Waals surface area contributed by atoms with Crippen LogP contribution in [0.2, 0.25) is 5.15 Å². The minimum absolute atomic E-state index is 0.0280. The molecule has 0 N–H and O–H groups in total. The number of ether oxygens (including phenoxy) is 2. The third kappa shape index (κ3) is 2.82. The van der Waals surface area contributed by atoms with Gasteiger partial charge in [0.05, 0.1) is 7.11 Å². The lowest BCUT2D eigenvalue weighted by molar-refractivity contribution is -0.142. The molecule has 0 amide bonds. The number of methoxy groups -OCH3 is 1. The summed E-state index contributed by atoms with van der Waals surface area (Å²) < 4.78 is 10.8. The van der Waals surface area contributed by atoms with E-state index >= 15 is 0 Å². The fourth-order valence-electron chi connectivity index (χ4n) is 1.39. The molecular weight excluding hydrogens is 402 g/mol. The Labute approximate surface area is 131 Å². The number of halogens is 2. The molecule has 0 aliphatic heterocycles. The monoisotopic (exact) mass is 410 g/mol. The number of fused-ring (bicyclic) bond motifs is 1. The molecule has 2 aromatic heterocycles. The van der Waals surface area contributed by atoms with Crippen LogP contribution >= 0.6 is 34.2 Å². The van der Waals surface area contributed by atoms with E-state index in [4.69, 9.17) is 16.3 Å². The predicted molar refractivity (Wildman–Crippen MR) is 76.3 cm³/mol. The van der Waals surface area contributed by atoms with Gasteiger partial charge in [0, 0.05) is 6.92 Å². The Kier molecular flexibility index (Phi) is 4.38. The summed E-state index contributed by atoms with van der Waals surface area (Å²) in [6, 6.07) is 0. The van der Waals surface area contributed by atoms with Crippen molar-refractivity contribution >= 4 is 57.4 Å². The van der Waals surface area contributed by atoms with Crippen molar-refractivity contribution in [1.29, 1.82) is 0 Å². The molecule has 0 saturated heterocycles. The summed E-state index contributed by atoms with van der Waals surface area (Å²) in [6.07, 6.45) is -0.698. The van der Waals surface area contributed by atoms with Gasteiger partial charge in [-0.05, 0) is 22.6 Å². The number of nitrogens with zero attached hydrogens (tertiary/aromatic N) is 4. The zero-order valence-corrected chi connectivity index (χ0v) is 13.3. The van der Waals surface area contributed by atoms with Gasteiger partial charge in [0.1, 0.15) is 17.8 Å². The molecule has 0 saturated carbocycles. The van der Waals surface area contributed by atoms with Gasteiger partial charge in [0.15, 0.2) is 14.5 Å². The van der Waals surface area contributed by atoms with Gasteiger partial charge in [-0.1, -0.05) is 11.6 Å². The van der Waals surface area contributed by atoms with Gasteiger partial charge in [-0.3, -0.25) is 4.79 Å². The predicted octanol–water partition coefficient (Wildman–Crippen LogP) is 1.76. The first-order chi connectivity index (χ1) is 9.43. The van der Waals surface area contributed by atoms with Crippen LogP contribution in [0, 0.1) is 3.70 Å². The highest BCUT2D eigenvalue weighted by atomic mass is 127. The Morgan fingerprint density at radius 3 is 2.70 bits per heavy atom. The summed E-state index contributed by atoms with van der Waals surface area (Å²) in [5.74, 6) is -0.456. The van der Waals surface area contributed by atoms with E-state index in [-0.39, 0.29) is 23.1 Å².